The van der Waals surface area contributed by atoms with E-state index in [4.69, 9.17) is 0 Å². The Hall–Kier alpha value is -1.82. The van der Waals surface area contributed by atoms with Crippen LogP contribution in [0.15, 0.2) is 47.7 Å². The lowest BCUT2D eigenvalue weighted by Crippen LogP contribution is -2.34. The summed E-state index contributed by atoms with van der Waals surface area (Å²) in [7, 11) is 3.59. The van der Waals surface area contributed by atoms with E-state index in [1.54, 1.807) is 13.2 Å². The minimum Gasteiger partial charge on any atom is -0.359 e. The molecule has 2 N–H and O–H groups in total. The molecule has 0 bridgehead atoms. The zero-order chi connectivity index (χ0) is 12.8. The Morgan fingerprint density at radius 2 is 2.05 bits per heavy atom. The summed E-state index contributed by atoms with van der Waals surface area (Å²) in [5, 5.41) is 10.4. The third-order valence-electron chi connectivity index (χ3n) is 2.63. The molecule has 1 heterocycles. The van der Waals surface area contributed by atoms with E-state index in [1.807, 2.05) is 36.1 Å². The van der Waals surface area contributed by atoms with Crippen LogP contribution < -0.4 is 10.6 Å². The molecule has 6 heteroatoms. The molecular weight excluding hydrogens is 306 g/mol. The van der Waals surface area contributed by atoms with Gasteiger partial charge in [0.15, 0.2) is 5.96 Å². The average Bonchev–Trinajstić information content (AvgIpc) is 2.94. The summed E-state index contributed by atoms with van der Waals surface area (Å²) in [5.41, 5.74) is 2.25. The highest BCUT2D eigenvalue weighted by Gasteiger charge is 1.98. The van der Waals surface area contributed by atoms with E-state index in [2.05, 4.69) is 32.9 Å². The Morgan fingerprint density at radius 1 is 1.32 bits per heavy atom. The second kappa shape index (κ2) is 7.58. The largest absolute Gasteiger partial charge is 0.359 e. The Morgan fingerprint density at radius 3 is 2.58 bits per heavy atom. The fourth-order valence-electron chi connectivity index (χ4n) is 1.65. The zero-order valence-corrected chi connectivity index (χ0v) is 12.7. The van der Waals surface area contributed by atoms with Crippen molar-refractivity contribution in [3.05, 3.63) is 48.3 Å². The lowest BCUT2D eigenvalue weighted by atomic mass is 10.2. The monoisotopic (exact) mass is 323 g/mol. The van der Waals surface area contributed by atoms with Crippen LogP contribution in [0.3, 0.4) is 0 Å². The first-order chi connectivity index (χ1) is 8.83. The fourth-order valence-corrected chi connectivity index (χ4v) is 1.65. The number of guanidine groups is 1. The molecule has 0 aliphatic carbocycles. The lowest BCUT2D eigenvalue weighted by molar-refractivity contribution is 0.857. The molecule has 0 spiro atoms. The second-order valence-electron chi connectivity index (χ2n) is 3.79. The molecule has 2 rings (SSSR count). The van der Waals surface area contributed by atoms with Gasteiger partial charge in [-0.15, -0.1) is 17.0 Å². The highest BCUT2D eigenvalue weighted by Crippen LogP contribution is 2.08. The standard InChI is InChI=1S/C13H17N5.BrH/c1-14-13(15-2)16-10-11-4-6-12(7-5-11)18-9-3-8-17-18;/h3-9H,10H2,1-2H3,(H2,14,15,16);1H. The van der Waals surface area contributed by atoms with E-state index >= 15 is 0 Å². The normalized spacial score (nSPS) is 10.7. The quantitative estimate of drug-likeness (QED) is 0.668. The van der Waals surface area contributed by atoms with Crippen molar-refractivity contribution in [2.24, 2.45) is 4.99 Å². The lowest BCUT2D eigenvalue weighted by Gasteiger charge is -2.09. The van der Waals surface area contributed by atoms with E-state index in [0.717, 1.165) is 18.2 Å². The number of aliphatic imine (C=N–C) groups is 1. The molecule has 2 aromatic rings. The minimum atomic E-state index is 0. The van der Waals surface area contributed by atoms with Crippen LogP contribution >= 0.6 is 17.0 Å². The first kappa shape index (κ1) is 15.2. The van der Waals surface area contributed by atoms with Crippen molar-refractivity contribution in [2.45, 2.75) is 6.54 Å². The predicted molar refractivity (Wildman–Crippen MR) is 83.1 cm³/mol. The summed E-state index contributed by atoms with van der Waals surface area (Å²) in [5.74, 6) is 0.783. The van der Waals surface area contributed by atoms with Gasteiger partial charge in [-0.05, 0) is 23.8 Å². The maximum atomic E-state index is 4.19. The topological polar surface area (TPSA) is 54.2 Å². The number of benzene rings is 1. The minimum absolute atomic E-state index is 0. The summed E-state index contributed by atoms with van der Waals surface area (Å²) in [6.07, 6.45) is 3.70. The molecule has 102 valence electrons. The first-order valence-electron chi connectivity index (χ1n) is 5.81. The number of nitrogens with one attached hydrogen (secondary N) is 2. The molecule has 0 amide bonds. The van der Waals surface area contributed by atoms with E-state index in [0.29, 0.717) is 0 Å². The first-order valence-corrected chi connectivity index (χ1v) is 5.81. The van der Waals surface area contributed by atoms with Gasteiger partial charge in [-0.25, -0.2) is 4.68 Å². The van der Waals surface area contributed by atoms with E-state index < -0.39 is 0 Å². The summed E-state index contributed by atoms with van der Waals surface area (Å²) in [4.78, 5) is 4.06. The number of aromatic nitrogens is 2. The van der Waals surface area contributed by atoms with Crippen LogP contribution in [0.4, 0.5) is 0 Å². The average molecular weight is 324 g/mol. The van der Waals surface area contributed by atoms with Gasteiger partial charge in [-0.2, -0.15) is 5.10 Å². The molecule has 0 aliphatic rings. The number of rotatable bonds is 3. The van der Waals surface area contributed by atoms with Crippen molar-refractivity contribution in [1.29, 1.82) is 0 Å². The predicted octanol–water partition coefficient (Wildman–Crippen LogP) is 1.75. The highest BCUT2D eigenvalue weighted by atomic mass is 79.9. The van der Waals surface area contributed by atoms with Gasteiger partial charge < -0.3 is 10.6 Å². The van der Waals surface area contributed by atoms with Crippen molar-refractivity contribution in [2.75, 3.05) is 14.1 Å². The molecule has 1 aromatic carbocycles. The van der Waals surface area contributed by atoms with E-state index in [9.17, 15) is 0 Å². The molecule has 0 saturated heterocycles. The third kappa shape index (κ3) is 4.10. The van der Waals surface area contributed by atoms with Crippen LogP contribution in [0.25, 0.3) is 5.69 Å². The van der Waals surface area contributed by atoms with Gasteiger partial charge in [0, 0.05) is 33.0 Å². The van der Waals surface area contributed by atoms with Crippen LogP contribution in [-0.4, -0.2) is 29.8 Å². The van der Waals surface area contributed by atoms with Crippen LogP contribution in [0.2, 0.25) is 0 Å². The number of halogens is 1. The highest BCUT2D eigenvalue weighted by molar-refractivity contribution is 8.93. The molecule has 0 fully saturated rings. The van der Waals surface area contributed by atoms with Crippen LogP contribution in [0.5, 0.6) is 0 Å². The smallest absolute Gasteiger partial charge is 0.190 e. The summed E-state index contributed by atoms with van der Waals surface area (Å²) in [6.45, 7) is 0.743. The van der Waals surface area contributed by atoms with Gasteiger partial charge in [-0.3, -0.25) is 4.99 Å². The molecule has 0 saturated carbocycles. The van der Waals surface area contributed by atoms with Crippen molar-refractivity contribution in [3.8, 4) is 5.69 Å². The summed E-state index contributed by atoms with van der Waals surface area (Å²) in [6, 6.07) is 10.2. The molecule has 5 nitrogen and oxygen atoms in total. The van der Waals surface area contributed by atoms with Gasteiger partial charge in [0.1, 0.15) is 0 Å². The molecule has 0 radical (unpaired) electrons. The van der Waals surface area contributed by atoms with Gasteiger partial charge in [0.05, 0.1) is 5.69 Å². The Kier molecular flexibility index (Phi) is 6.08. The zero-order valence-electron chi connectivity index (χ0n) is 11.0. The van der Waals surface area contributed by atoms with E-state index in [1.165, 1.54) is 5.56 Å². The van der Waals surface area contributed by atoms with Gasteiger partial charge >= 0.3 is 0 Å². The molecular formula is C13H18BrN5. The van der Waals surface area contributed by atoms with Crippen molar-refractivity contribution in [3.63, 3.8) is 0 Å². The van der Waals surface area contributed by atoms with Crippen LogP contribution in [-0.2, 0) is 6.54 Å². The van der Waals surface area contributed by atoms with Crippen molar-refractivity contribution >= 4 is 22.9 Å². The maximum Gasteiger partial charge on any atom is 0.190 e. The number of hydrogen-bond donors (Lipinski definition) is 2. The number of nitrogens with zero attached hydrogens (tertiary/aromatic N) is 3. The van der Waals surface area contributed by atoms with Crippen LogP contribution in [0, 0.1) is 0 Å². The maximum absolute atomic E-state index is 4.19. The Bertz CT molecular complexity index is 504. The Balaban J connectivity index is 0.00000180. The SMILES string of the molecule is Br.CN=C(NC)NCc1ccc(-n2cccn2)cc1. The third-order valence-corrected chi connectivity index (χ3v) is 2.63. The van der Waals surface area contributed by atoms with Gasteiger partial charge in [-0.1, -0.05) is 12.1 Å². The molecule has 0 aliphatic heterocycles. The molecule has 0 atom stereocenters. The van der Waals surface area contributed by atoms with Gasteiger partial charge in [0.25, 0.3) is 0 Å². The number of hydrogen-bond acceptors (Lipinski definition) is 2. The molecule has 19 heavy (non-hydrogen) atoms. The second-order valence-corrected chi connectivity index (χ2v) is 3.79. The molecule has 0 unspecified atom stereocenters. The van der Waals surface area contributed by atoms with Crippen LogP contribution in [0.1, 0.15) is 5.56 Å². The van der Waals surface area contributed by atoms with Gasteiger partial charge in [0.2, 0.25) is 0 Å². The molecule has 1 aromatic heterocycles. The van der Waals surface area contributed by atoms with Crippen molar-refractivity contribution in [1.82, 2.24) is 20.4 Å². The summed E-state index contributed by atoms with van der Waals surface area (Å²) < 4.78 is 1.84. The fraction of sp³-hybridized carbons (Fsp3) is 0.231. The van der Waals surface area contributed by atoms with Crippen molar-refractivity contribution < 1.29 is 0 Å². The Labute approximate surface area is 123 Å². The van der Waals surface area contributed by atoms with E-state index in [-0.39, 0.29) is 17.0 Å². The summed E-state index contributed by atoms with van der Waals surface area (Å²) >= 11 is 0.